The first-order valence-corrected chi connectivity index (χ1v) is 6.42. The Bertz CT molecular complexity index is 501. The SMILES string of the molecule is CCc1c(CCNC(=O)C(F)(F)F)ccc(OC)c1OC. The molecule has 1 rings (SSSR count). The number of ether oxygens (including phenoxy) is 2. The predicted molar refractivity (Wildman–Crippen MR) is 71.7 cm³/mol. The van der Waals surface area contributed by atoms with Crippen molar-refractivity contribution >= 4 is 5.91 Å². The third kappa shape index (κ3) is 4.27. The topological polar surface area (TPSA) is 47.6 Å². The van der Waals surface area contributed by atoms with Crippen molar-refractivity contribution < 1.29 is 27.4 Å². The van der Waals surface area contributed by atoms with E-state index in [9.17, 15) is 18.0 Å². The van der Waals surface area contributed by atoms with Crippen molar-refractivity contribution in [2.24, 2.45) is 0 Å². The molecule has 1 N–H and O–H groups in total. The molecule has 0 heterocycles. The van der Waals surface area contributed by atoms with Gasteiger partial charge in [-0.2, -0.15) is 13.2 Å². The van der Waals surface area contributed by atoms with E-state index in [1.165, 1.54) is 14.2 Å². The molecule has 0 aliphatic rings. The van der Waals surface area contributed by atoms with E-state index in [2.05, 4.69) is 0 Å². The zero-order valence-electron chi connectivity index (χ0n) is 12.1. The molecule has 0 fully saturated rings. The highest BCUT2D eigenvalue weighted by Gasteiger charge is 2.38. The molecule has 0 bridgehead atoms. The van der Waals surface area contributed by atoms with E-state index in [-0.39, 0.29) is 13.0 Å². The fourth-order valence-electron chi connectivity index (χ4n) is 2.06. The highest BCUT2D eigenvalue weighted by molar-refractivity contribution is 5.81. The highest BCUT2D eigenvalue weighted by Crippen LogP contribution is 2.33. The molecule has 1 amide bonds. The summed E-state index contributed by atoms with van der Waals surface area (Å²) >= 11 is 0. The number of halogens is 3. The van der Waals surface area contributed by atoms with Crippen molar-refractivity contribution in [3.05, 3.63) is 23.3 Å². The molecule has 0 saturated carbocycles. The van der Waals surface area contributed by atoms with Crippen LogP contribution in [0.3, 0.4) is 0 Å². The van der Waals surface area contributed by atoms with Crippen molar-refractivity contribution in [2.45, 2.75) is 25.9 Å². The number of amides is 1. The fraction of sp³-hybridized carbons (Fsp3) is 0.500. The van der Waals surface area contributed by atoms with Gasteiger partial charge < -0.3 is 14.8 Å². The average molecular weight is 305 g/mol. The lowest BCUT2D eigenvalue weighted by Gasteiger charge is -2.16. The van der Waals surface area contributed by atoms with Gasteiger partial charge in [0.25, 0.3) is 0 Å². The van der Waals surface area contributed by atoms with Crippen molar-refractivity contribution in [1.29, 1.82) is 0 Å². The van der Waals surface area contributed by atoms with E-state index in [4.69, 9.17) is 9.47 Å². The Hall–Kier alpha value is -1.92. The van der Waals surface area contributed by atoms with Crippen LogP contribution in [-0.2, 0) is 17.6 Å². The first-order valence-electron chi connectivity index (χ1n) is 6.42. The van der Waals surface area contributed by atoms with Crippen molar-refractivity contribution in [1.82, 2.24) is 5.32 Å². The van der Waals surface area contributed by atoms with E-state index >= 15 is 0 Å². The Labute approximate surface area is 121 Å². The fourth-order valence-corrected chi connectivity index (χ4v) is 2.06. The number of methoxy groups -OCH3 is 2. The summed E-state index contributed by atoms with van der Waals surface area (Å²) in [6.07, 6.45) is -3.93. The van der Waals surface area contributed by atoms with E-state index in [0.29, 0.717) is 17.9 Å². The molecule has 0 aromatic heterocycles. The van der Waals surface area contributed by atoms with Crippen molar-refractivity contribution in [3.63, 3.8) is 0 Å². The predicted octanol–water partition coefficient (Wildman–Crippen LogP) is 2.49. The van der Waals surface area contributed by atoms with E-state index < -0.39 is 12.1 Å². The molecule has 0 aliphatic carbocycles. The van der Waals surface area contributed by atoms with Crippen LogP contribution in [0.1, 0.15) is 18.1 Å². The molecule has 0 unspecified atom stereocenters. The molecule has 21 heavy (non-hydrogen) atoms. The molecule has 0 aliphatic heterocycles. The van der Waals surface area contributed by atoms with Crippen molar-refractivity contribution in [3.8, 4) is 11.5 Å². The summed E-state index contributed by atoms with van der Waals surface area (Å²) in [5, 5.41) is 1.85. The Morgan fingerprint density at radius 3 is 2.38 bits per heavy atom. The second-order valence-electron chi connectivity index (χ2n) is 4.30. The Balaban J connectivity index is 2.82. The quantitative estimate of drug-likeness (QED) is 0.878. The Kier molecular flexibility index (Phi) is 5.87. The van der Waals surface area contributed by atoms with Gasteiger partial charge in [0.15, 0.2) is 11.5 Å². The van der Waals surface area contributed by atoms with Crippen molar-refractivity contribution in [2.75, 3.05) is 20.8 Å². The number of nitrogens with one attached hydrogen (secondary N) is 1. The number of alkyl halides is 3. The summed E-state index contributed by atoms with van der Waals surface area (Å²) in [5.74, 6) is -0.793. The molecular formula is C14H18F3NO3. The zero-order chi connectivity index (χ0) is 16.0. The number of carbonyl (C=O) groups is 1. The van der Waals surface area contributed by atoms with Gasteiger partial charge in [0.05, 0.1) is 14.2 Å². The Morgan fingerprint density at radius 2 is 1.90 bits per heavy atom. The average Bonchev–Trinajstić information content (AvgIpc) is 2.45. The maximum Gasteiger partial charge on any atom is 0.471 e. The van der Waals surface area contributed by atoms with E-state index in [0.717, 1.165) is 11.1 Å². The molecule has 118 valence electrons. The van der Waals surface area contributed by atoms with Gasteiger partial charge in [0.1, 0.15) is 0 Å². The lowest BCUT2D eigenvalue weighted by atomic mass is 10.0. The minimum atomic E-state index is -4.86. The lowest BCUT2D eigenvalue weighted by Crippen LogP contribution is -2.37. The van der Waals surface area contributed by atoms with Gasteiger partial charge in [-0.15, -0.1) is 0 Å². The van der Waals surface area contributed by atoms with Crippen LogP contribution in [0, 0.1) is 0 Å². The van der Waals surface area contributed by atoms with Gasteiger partial charge in [0.2, 0.25) is 0 Å². The maximum atomic E-state index is 12.1. The number of carbonyl (C=O) groups excluding carboxylic acids is 1. The Morgan fingerprint density at radius 1 is 1.24 bits per heavy atom. The second kappa shape index (κ2) is 7.19. The van der Waals surface area contributed by atoms with Crippen LogP contribution >= 0.6 is 0 Å². The minimum absolute atomic E-state index is 0.0964. The molecule has 0 atom stereocenters. The van der Waals surface area contributed by atoms with Gasteiger partial charge in [-0.1, -0.05) is 13.0 Å². The minimum Gasteiger partial charge on any atom is -0.493 e. The smallest absolute Gasteiger partial charge is 0.471 e. The number of hydrogen-bond acceptors (Lipinski definition) is 3. The summed E-state index contributed by atoms with van der Waals surface area (Å²) in [7, 11) is 3.02. The summed E-state index contributed by atoms with van der Waals surface area (Å²) in [6.45, 7) is 1.82. The van der Waals surface area contributed by atoms with Crippen LogP contribution in [0.2, 0.25) is 0 Å². The molecule has 1 aromatic carbocycles. The van der Waals surface area contributed by atoms with Gasteiger partial charge in [0, 0.05) is 12.1 Å². The van der Waals surface area contributed by atoms with Gasteiger partial charge >= 0.3 is 12.1 Å². The lowest BCUT2D eigenvalue weighted by molar-refractivity contribution is -0.173. The molecule has 4 nitrogen and oxygen atoms in total. The van der Waals surface area contributed by atoms with Crippen LogP contribution in [0.4, 0.5) is 13.2 Å². The first kappa shape index (κ1) is 17.1. The molecule has 0 spiro atoms. The molecule has 1 aromatic rings. The van der Waals surface area contributed by atoms with Gasteiger partial charge in [-0.25, -0.2) is 0 Å². The van der Waals surface area contributed by atoms with E-state index in [1.54, 1.807) is 12.1 Å². The summed E-state index contributed by atoms with van der Waals surface area (Å²) < 4.78 is 46.7. The normalized spacial score (nSPS) is 11.1. The van der Waals surface area contributed by atoms with Crippen LogP contribution < -0.4 is 14.8 Å². The van der Waals surface area contributed by atoms with Gasteiger partial charge in [-0.05, 0) is 24.5 Å². The summed E-state index contributed by atoms with van der Waals surface area (Å²) in [6, 6.07) is 3.46. The number of benzene rings is 1. The molecule has 0 radical (unpaired) electrons. The number of rotatable bonds is 6. The third-order valence-electron chi connectivity index (χ3n) is 3.04. The van der Waals surface area contributed by atoms with Crippen LogP contribution in [-0.4, -0.2) is 32.8 Å². The summed E-state index contributed by atoms with van der Waals surface area (Å²) in [5.41, 5.74) is 1.68. The maximum absolute atomic E-state index is 12.1. The van der Waals surface area contributed by atoms with Gasteiger partial charge in [-0.3, -0.25) is 4.79 Å². The van der Waals surface area contributed by atoms with Crippen LogP contribution in [0.5, 0.6) is 11.5 Å². The standard InChI is InChI=1S/C14H18F3NO3/c1-4-10-9(5-6-11(20-2)12(10)21-3)7-8-18-13(19)14(15,16)17/h5-6H,4,7-8H2,1-3H3,(H,18,19). The van der Waals surface area contributed by atoms with Crippen LogP contribution in [0.25, 0.3) is 0 Å². The second-order valence-corrected chi connectivity index (χ2v) is 4.30. The monoisotopic (exact) mass is 305 g/mol. The molecule has 0 saturated heterocycles. The number of hydrogen-bond donors (Lipinski definition) is 1. The zero-order valence-corrected chi connectivity index (χ0v) is 12.1. The largest absolute Gasteiger partial charge is 0.493 e. The van der Waals surface area contributed by atoms with E-state index in [1.807, 2.05) is 12.2 Å². The third-order valence-corrected chi connectivity index (χ3v) is 3.04. The van der Waals surface area contributed by atoms with Crippen LogP contribution in [0.15, 0.2) is 12.1 Å². The molecule has 7 heteroatoms. The molecular weight excluding hydrogens is 287 g/mol. The highest BCUT2D eigenvalue weighted by atomic mass is 19.4. The summed E-state index contributed by atoms with van der Waals surface area (Å²) in [4.78, 5) is 10.8. The first-order chi connectivity index (χ1) is 9.85.